The van der Waals surface area contributed by atoms with Gasteiger partial charge in [0.2, 0.25) is 0 Å². The van der Waals surface area contributed by atoms with Gasteiger partial charge < -0.3 is 29.4 Å². The van der Waals surface area contributed by atoms with Crippen LogP contribution in [0.5, 0.6) is 11.5 Å². The Morgan fingerprint density at radius 1 is 1.52 bits per heavy atom. The molecule has 1 heterocycles. The third kappa shape index (κ3) is 3.83. The number of hydrogen-bond acceptors (Lipinski definition) is 5. The first kappa shape index (κ1) is 18.9. The summed E-state index contributed by atoms with van der Waals surface area (Å²) < 4.78 is 11.0. The molecule has 1 aromatic carbocycles. The fourth-order valence-corrected chi connectivity index (χ4v) is 3.27. The minimum absolute atomic E-state index is 0.184. The van der Waals surface area contributed by atoms with E-state index in [-0.39, 0.29) is 25.6 Å². The fourth-order valence-electron chi connectivity index (χ4n) is 3.27. The molecule has 136 valence electrons. The summed E-state index contributed by atoms with van der Waals surface area (Å²) in [6.07, 6.45) is -1.91. The molecule has 0 bridgehead atoms. The SMILES string of the molecule is CC#CCOc1cc(C2CN(C(=O)[O-])CC2(C)C(C)O)ccc1OC. The van der Waals surface area contributed by atoms with Gasteiger partial charge in [-0.25, -0.2) is 0 Å². The average Bonchev–Trinajstić information content (AvgIpc) is 2.94. The largest absolute Gasteiger partial charge is 0.530 e. The number of ether oxygens (including phenoxy) is 2. The number of benzene rings is 1. The summed E-state index contributed by atoms with van der Waals surface area (Å²) in [5.74, 6) is 6.53. The van der Waals surface area contributed by atoms with Gasteiger partial charge in [-0.3, -0.25) is 0 Å². The normalized spacial score (nSPS) is 23.6. The maximum atomic E-state index is 11.3. The van der Waals surface area contributed by atoms with Gasteiger partial charge in [0.05, 0.1) is 13.2 Å². The first-order valence-corrected chi connectivity index (χ1v) is 8.17. The molecule has 3 atom stereocenters. The van der Waals surface area contributed by atoms with Crippen molar-refractivity contribution in [2.24, 2.45) is 5.41 Å². The molecule has 1 aliphatic rings. The Kier molecular flexibility index (Phi) is 5.81. The van der Waals surface area contributed by atoms with Crippen LogP contribution in [0.2, 0.25) is 0 Å². The van der Waals surface area contributed by atoms with Crippen LogP contribution < -0.4 is 14.6 Å². The number of carbonyl (C=O) groups excluding carboxylic acids is 1. The smallest absolute Gasteiger partial charge is 0.162 e. The first-order valence-electron chi connectivity index (χ1n) is 8.17. The third-order valence-electron chi connectivity index (χ3n) is 5.01. The average molecular weight is 346 g/mol. The van der Waals surface area contributed by atoms with Crippen LogP contribution in [-0.4, -0.2) is 49.0 Å². The number of rotatable bonds is 5. The number of aliphatic hydroxyl groups excluding tert-OH is 1. The zero-order valence-electron chi connectivity index (χ0n) is 15.0. The topological polar surface area (TPSA) is 82.1 Å². The van der Waals surface area contributed by atoms with Crippen molar-refractivity contribution in [1.82, 2.24) is 4.90 Å². The molecule has 0 spiro atoms. The maximum Gasteiger partial charge on any atom is 0.162 e. The van der Waals surface area contributed by atoms with E-state index in [2.05, 4.69) is 11.8 Å². The molecule has 0 radical (unpaired) electrons. The lowest BCUT2D eigenvalue weighted by molar-refractivity contribution is -0.264. The number of carbonyl (C=O) groups is 1. The summed E-state index contributed by atoms with van der Waals surface area (Å²) in [4.78, 5) is 12.5. The number of methoxy groups -OCH3 is 1. The Morgan fingerprint density at radius 3 is 2.80 bits per heavy atom. The van der Waals surface area contributed by atoms with E-state index in [1.54, 1.807) is 27.0 Å². The lowest BCUT2D eigenvalue weighted by atomic mass is 9.72. The van der Waals surface area contributed by atoms with E-state index >= 15 is 0 Å². The molecule has 0 aromatic heterocycles. The number of carboxylic acid groups (broad SMARTS) is 1. The van der Waals surface area contributed by atoms with E-state index in [1.807, 2.05) is 19.1 Å². The van der Waals surface area contributed by atoms with Gasteiger partial charge in [-0.05, 0) is 31.5 Å². The first-order chi connectivity index (χ1) is 11.8. The van der Waals surface area contributed by atoms with Gasteiger partial charge in [-0.15, -0.1) is 5.92 Å². The maximum absolute atomic E-state index is 11.3. The van der Waals surface area contributed by atoms with E-state index in [0.717, 1.165) is 5.56 Å². The number of aliphatic hydroxyl groups is 1. The molecule has 6 nitrogen and oxygen atoms in total. The Morgan fingerprint density at radius 2 is 2.24 bits per heavy atom. The molecule has 1 saturated heterocycles. The quantitative estimate of drug-likeness (QED) is 0.811. The highest BCUT2D eigenvalue weighted by Crippen LogP contribution is 2.46. The van der Waals surface area contributed by atoms with E-state index in [9.17, 15) is 15.0 Å². The van der Waals surface area contributed by atoms with Gasteiger partial charge in [-0.2, -0.15) is 0 Å². The molecule has 2 rings (SSSR count). The summed E-state index contributed by atoms with van der Waals surface area (Å²) in [7, 11) is 1.56. The molecule has 1 amide bonds. The van der Waals surface area contributed by atoms with Crippen molar-refractivity contribution in [2.75, 3.05) is 26.8 Å². The number of amides is 1. The van der Waals surface area contributed by atoms with Crippen LogP contribution in [0, 0.1) is 17.3 Å². The van der Waals surface area contributed by atoms with Gasteiger partial charge >= 0.3 is 0 Å². The van der Waals surface area contributed by atoms with Crippen LogP contribution in [0.1, 0.15) is 32.3 Å². The van der Waals surface area contributed by atoms with Gasteiger partial charge in [0.25, 0.3) is 0 Å². The lowest BCUT2D eigenvalue weighted by Crippen LogP contribution is -2.42. The highest BCUT2D eigenvalue weighted by Gasteiger charge is 2.47. The zero-order chi connectivity index (χ0) is 18.6. The van der Waals surface area contributed by atoms with Crippen molar-refractivity contribution in [1.29, 1.82) is 0 Å². The second-order valence-corrected chi connectivity index (χ2v) is 6.51. The number of nitrogens with zero attached hydrogens (tertiary/aromatic N) is 1. The summed E-state index contributed by atoms with van der Waals surface area (Å²) in [6, 6.07) is 5.50. The lowest BCUT2D eigenvalue weighted by Gasteiger charge is -2.34. The predicted molar refractivity (Wildman–Crippen MR) is 91.4 cm³/mol. The monoisotopic (exact) mass is 346 g/mol. The molecule has 0 saturated carbocycles. The minimum Gasteiger partial charge on any atom is -0.530 e. The Balaban J connectivity index is 2.38. The van der Waals surface area contributed by atoms with Crippen molar-refractivity contribution in [3.05, 3.63) is 23.8 Å². The van der Waals surface area contributed by atoms with Crippen molar-refractivity contribution in [3.63, 3.8) is 0 Å². The summed E-state index contributed by atoms with van der Waals surface area (Å²) in [6.45, 7) is 6.03. The van der Waals surface area contributed by atoms with Crippen molar-refractivity contribution < 1.29 is 24.5 Å². The molecule has 1 aromatic rings. The van der Waals surface area contributed by atoms with Crippen LogP contribution in [0.4, 0.5) is 4.79 Å². The second-order valence-electron chi connectivity index (χ2n) is 6.51. The van der Waals surface area contributed by atoms with E-state index in [1.165, 1.54) is 4.90 Å². The Bertz CT molecular complexity index is 691. The van der Waals surface area contributed by atoms with E-state index in [0.29, 0.717) is 11.5 Å². The van der Waals surface area contributed by atoms with Crippen LogP contribution in [0.15, 0.2) is 18.2 Å². The second kappa shape index (κ2) is 7.66. The third-order valence-corrected chi connectivity index (χ3v) is 5.01. The van der Waals surface area contributed by atoms with Gasteiger partial charge in [0.15, 0.2) is 11.5 Å². The van der Waals surface area contributed by atoms with Crippen LogP contribution >= 0.6 is 0 Å². The Labute approximate surface area is 148 Å². The van der Waals surface area contributed by atoms with Crippen LogP contribution in [0.3, 0.4) is 0 Å². The Hall–Kier alpha value is -2.39. The predicted octanol–water partition coefficient (Wildman–Crippen LogP) is 1.23. The standard InChI is InChI=1S/C19H25NO5/c1-5-6-9-25-17-10-14(7-8-16(17)24-4)15-11-20(18(22)23)12-19(15,3)13(2)21/h7-8,10,13,15,21H,9,11-12H2,1-4H3,(H,22,23)/p-1. The molecule has 1 fully saturated rings. The summed E-state index contributed by atoms with van der Waals surface area (Å²) >= 11 is 0. The van der Waals surface area contributed by atoms with Crippen molar-refractivity contribution in [3.8, 4) is 23.3 Å². The molecular weight excluding hydrogens is 322 g/mol. The highest BCUT2D eigenvalue weighted by molar-refractivity contribution is 5.63. The van der Waals surface area contributed by atoms with Crippen molar-refractivity contribution in [2.45, 2.75) is 32.8 Å². The molecule has 0 aliphatic carbocycles. The molecule has 6 heteroatoms. The molecule has 1 aliphatic heterocycles. The van der Waals surface area contributed by atoms with Crippen molar-refractivity contribution >= 4 is 6.09 Å². The molecule has 1 N–H and O–H groups in total. The highest BCUT2D eigenvalue weighted by atomic mass is 16.5. The van der Waals surface area contributed by atoms with Crippen LogP contribution in [-0.2, 0) is 0 Å². The molecular formula is C19H24NO5-. The van der Waals surface area contributed by atoms with E-state index in [4.69, 9.17) is 9.47 Å². The van der Waals surface area contributed by atoms with Gasteiger partial charge in [0, 0.05) is 24.4 Å². The minimum atomic E-state index is -1.22. The van der Waals surface area contributed by atoms with Crippen LogP contribution in [0.25, 0.3) is 0 Å². The zero-order valence-corrected chi connectivity index (χ0v) is 15.0. The molecule has 3 unspecified atom stereocenters. The molecule has 25 heavy (non-hydrogen) atoms. The fraction of sp³-hybridized carbons (Fsp3) is 0.526. The number of hydrogen-bond donors (Lipinski definition) is 1. The van der Waals surface area contributed by atoms with Gasteiger partial charge in [-0.1, -0.05) is 18.9 Å². The van der Waals surface area contributed by atoms with E-state index < -0.39 is 17.6 Å². The van der Waals surface area contributed by atoms with Gasteiger partial charge in [0.1, 0.15) is 12.7 Å². The number of likely N-dealkylation sites (tertiary alicyclic amines) is 1. The summed E-state index contributed by atoms with van der Waals surface area (Å²) in [5, 5.41) is 21.6. The summed E-state index contributed by atoms with van der Waals surface area (Å²) in [5.41, 5.74) is 0.266.